The van der Waals surface area contributed by atoms with Crippen molar-refractivity contribution in [3.63, 3.8) is 0 Å². The van der Waals surface area contributed by atoms with Crippen LogP contribution in [-0.4, -0.2) is 37.6 Å². The van der Waals surface area contributed by atoms with Crippen molar-refractivity contribution in [2.75, 3.05) is 32.1 Å². The highest BCUT2D eigenvalue weighted by atomic mass is 35.5. The summed E-state index contributed by atoms with van der Waals surface area (Å²) in [4.78, 5) is 16.2. The van der Waals surface area contributed by atoms with E-state index in [2.05, 4.69) is 10.6 Å². The van der Waals surface area contributed by atoms with Gasteiger partial charge in [-0.15, -0.1) is 24.8 Å². The maximum Gasteiger partial charge on any atom is 0.221 e. The minimum atomic E-state index is 0. The van der Waals surface area contributed by atoms with Gasteiger partial charge in [-0.25, -0.2) is 4.98 Å². The molecule has 0 fully saturated rings. The van der Waals surface area contributed by atoms with E-state index in [4.69, 9.17) is 27.1 Å². The van der Waals surface area contributed by atoms with E-state index in [0.29, 0.717) is 24.5 Å². The summed E-state index contributed by atoms with van der Waals surface area (Å²) >= 11 is 6.18. The summed E-state index contributed by atoms with van der Waals surface area (Å²) in [5.74, 6) is 0.837. The van der Waals surface area contributed by atoms with Crippen molar-refractivity contribution in [1.82, 2.24) is 10.3 Å². The Labute approximate surface area is 206 Å². The van der Waals surface area contributed by atoms with Crippen molar-refractivity contribution < 1.29 is 9.53 Å². The van der Waals surface area contributed by atoms with Crippen molar-refractivity contribution in [3.05, 3.63) is 41.4 Å². The number of halogens is 3. The molecule has 0 atom stereocenters. The first-order valence-electron chi connectivity index (χ1n) is 10.4. The zero-order valence-electron chi connectivity index (χ0n) is 18.2. The molecule has 0 saturated carbocycles. The Morgan fingerprint density at radius 2 is 1.75 bits per heavy atom. The van der Waals surface area contributed by atoms with Crippen molar-refractivity contribution >= 4 is 69.8 Å². The van der Waals surface area contributed by atoms with Crippen LogP contribution in [0.25, 0.3) is 21.8 Å². The van der Waals surface area contributed by atoms with Crippen LogP contribution in [0.3, 0.4) is 0 Å². The number of methoxy groups -OCH3 is 1. The van der Waals surface area contributed by atoms with Gasteiger partial charge in [0.2, 0.25) is 5.91 Å². The molecule has 0 spiro atoms. The zero-order valence-corrected chi connectivity index (χ0v) is 20.5. The minimum absolute atomic E-state index is 0. The van der Waals surface area contributed by atoms with Crippen LogP contribution < -0.4 is 21.1 Å². The maximum absolute atomic E-state index is 11.4. The van der Waals surface area contributed by atoms with Crippen LogP contribution in [0.5, 0.6) is 5.75 Å². The lowest BCUT2D eigenvalue weighted by atomic mass is 10.1. The summed E-state index contributed by atoms with van der Waals surface area (Å²) in [5.41, 5.74) is 8.20. The number of pyridine rings is 1. The molecular formula is C23H31Cl3N4O2. The Bertz CT molecular complexity index is 1020. The molecule has 32 heavy (non-hydrogen) atoms. The molecule has 9 heteroatoms. The van der Waals surface area contributed by atoms with E-state index in [-0.39, 0.29) is 30.7 Å². The lowest BCUT2D eigenvalue weighted by Gasteiger charge is -2.14. The molecule has 0 unspecified atom stereocenters. The van der Waals surface area contributed by atoms with Gasteiger partial charge in [-0.05, 0) is 49.2 Å². The molecule has 6 nitrogen and oxygen atoms in total. The monoisotopic (exact) mass is 500 g/mol. The Balaban J connectivity index is 0.00000256. The van der Waals surface area contributed by atoms with Gasteiger partial charge in [0, 0.05) is 41.9 Å². The summed E-state index contributed by atoms with van der Waals surface area (Å²) < 4.78 is 5.41. The van der Waals surface area contributed by atoms with Gasteiger partial charge in [0.1, 0.15) is 5.75 Å². The van der Waals surface area contributed by atoms with E-state index in [1.54, 1.807) is 7.11 Å². The van der Waals surface area contributed by atoms with E-state index in [1.165, 1.54) is 0 Å². The number of nitrogens with zero attached hydrogens (tertiary/aromatic N) is 1. The second kappa shape index (κ2) is 14.2. The third-order valence-corrected chi connectivity index (χ3v) is 5.28. The molecule has 0 bridgehead atoms. The average Bonchev–Trinajstić information content (AvgIpc) is 2.74. The molecule has 1 amide bonds. The number of nitrogens with two attached hydrogens (primary N) is 1. The SMILES string of the molecule is COc1ccc2nc3cc(Cl)ccc3c(NCCCCCCNC(=O)CCN)c2c1.Cl.Cl. The van der Waals surface area contributed by atoms with Gasteiger partial charge in [-0.1, -0.05) is 24.4 Å². The summed E-state index contributed by atoms with van der Waals surface area (Å²) in [6.45, 7) is 1.97. The fourth-order valence-electron chi connectivity index (χ4n) is 3.48. The highest BCUT2D eigenvalue weighted by Crippen LogP contribution is 2.34. The number of fused-ring (bicyclic) bond motifs is 2. The summed E-state index contributed by atoms with van der Waals surface area (Å²) in [7, 11) is 1.67. The molecule has 3 rings (SSSR count). The molecule has 0 aliphatic carbocycles. The number of aromatic nitrogens is 1. The van der Waals surface area contributed by atoms with Gasteiger partial charge in [-0.3, -0.25) is 4.79 Å². The van der Waals surface area contributed by atoms with Gasteiger partial charge in [0.15, 0.2) is 0 Å². The van der Waals surface area contributed by atoms with Gasteiger partial charge in [-0.2, -0.15) is 0 Å². The van der Waals surface area contributed by atoms with Gasteiger partial charge < -0.3 is 21.1 Å². The van der Waals surface area contributed by atoms with Crippen LogP contribution >= 0.6 is 36.4 Å². The van der Waals surface area contributed by atoms with E-state index < -0.39 is 0 Å². The predicted octanol–water partition coefficient (Wildman–Crippen LogP) is 5.33. The van der Waals surface area contributed by atoms with Crippen molar-refractivity contribution in [1.29, 1.82) is 0 Å². The van der Waals surface area contributed by atoms with Gasteiger partial charge in [0.25, 0.3) is 0 Å². The van der Waals surface area contributed by atoms with Crippen molar-refractivity contribution in [2.45, 2.75) is 32.1 Å². The third-order valence-electron chi connectivity index (χ3n) is 5.04. The maximum atomic E-state index is 11.4. The molecule has 1 aromatic heterocycles. The standard InChI is InChI=1S/C23H29ClN4O2.2ClH/c1-30-17-7-9-20-19(15-17)23(18-8-6-16(24)14-21(18)28-20)27-13-5-3-2-4-12-26-22(29)10-11-25;;/h6-9,14-15H,2-5,10-13,25H2,1H3,(H,26,29)(H,27,28);2*1H. The fraction of sp³-hybridized carbons (Fsp3) is 0.391. The summed E-state index contributed by atoms with van der Waals surface area (Å²) in [5, 5.41) is 9.25. The number of nitrogens with one attached hydrogen (secondary N) is 2. The first-order valence-corrected chi connectivity index (χ1v) is 10.8. The average molecular weight is 502 g/mol. The summed E-state index contributed by atoms with van der Waals surface area (Å²) in [6, 6.07) is 11.7. The highest BCUT2D eigenvalue weighted by Gasteiger charge is 2.10. The fourth-order valence-corrected chi connectivity index (χ4v) is 3.64. The Morgan fingerprint density at radius 3 is 2.47 bits per heavy atom. The van der Waals surface area contributed by atoms with E-state index in [0.717, 1.165) is 65.5 Å². The smallest absolute Gasteiger partial charge is 0.221 e. The van der Waals surface area contributed by atoms with Crippen molar-refractivity contribution in [3.8, 4) is 5.75 Å². The number of rotatable bonds is 11. The van der Waals surface area contributed by atoms with Gasteiger partial charge >= 0.3 is 0 Å². The molecular weight excluding hydrogens is 471 g/mol. The first-order chi connectivity index (χ1) is 14.6. The summed E-state index contributed by atoms with van der Waals surface area (Å²) in [6.07, 6.45) is 4.59. The number of unbranched alkanes of at least 4 members (excludes halogenated alkanes) is 3. The van der Waals surface area contributed by atoms with Crippen LogP contribution in [0.15, 0.2) is 36.4 Å². The largest absolute Gasteiger partial charge is 0.497 e. The van der Waals surface area contributed by atoms with Crippen LogP contribution in [0.2, 0.25) is 5.02 Å². The molecule has 0 aliphatic rings. The lowest BCUT2D eigenvalue weighted by Crippen LogP contribution is -2.26. The number of hydrogen-bond donors (Lipinski definition) is 3. The predicted molar refractivity (Wildman–Crippen MR) is 139 cm³/mol. The minimum Gasteiger partial charge on any atom is -0.497 e. The van der Waals surface area contributed by atoms with Gasteiger partial charge in [0.05, 0.1) is 23.8 Å². The van der Waals surface area contributed by atoms with Crippen LogP contribution in [-0.2, 0) is 4.79 Å². The van der Waals surface area contributed by atoms with Crippen molar-refractivity contribution in [2.24, 2.45) is 5.73 Å². The highest BCUT2D eigenvalue weighted by molar-refractivity contribution is 6.31. The normalized spacial score (nSPS) is 10.3. The molecule has 0 aliphatic heterocycles. The molecule has 3 aromatic rings. The zero-order chi connectivity index (χ0) is 21.3. The van der Waals surface area contributed by atoms with Crippen LogP contribution in [0, 0.1) is 0 Å². The topological polar surface area (TPSA) is 89.3 Å². The number of carbonyl (C=O) groups is 1. The molecule has 0 saturated heterocycles. The number of hydrogen-bond acceptors (Lipinski definition) is 5. The number of amides is 1. The second-order valence-corrected chi connectivity index (χ2v) is 7.70. The molecule has 1 heterocycles. The van der Waals surface area contributed by atoms with E-state index >= 15 is 0 Å². The van der Waals surface area contributed by atoms with E-state index in [1.807, 2.05) is 36.4 Å². The van der Waals surface area contributed by atoms with Crippen LogP contribution in [0.1, 0.15) is 32.1 Å². The molecule has 176 valence electrons. The number of benzene rings is 2. The number of carbonyl (C=O) groups excluding carboxylic acids is 1. The Hall–Kier alpha value is -1.99. The molecule has 4 N–H and O–H groups in total. The Morgan fingerprint density at radius 1 is 1.00 bits per heavy atom. The Kier molecular flexibility index (Phi) is 12.5. The van der Waals surface area contributed by atoms with Crippen LogP contribution in [0.4, 0.5) is 5.69 Å². The quantitative estimate of drug-likeness (QED) is 0.244. The lowest BCUT2D eigenvalue weighted by molar-refractivity contribution is -0.120. The number of anilines is 1. The third kappa shape index (κ3) is 7.55. The molecule has 0 radical (unpaired) electrons. The van der Waals surface area contributed by atoms with E-state index in [9.17, 15) is 4.79 Å². The second-order valence-electron chi connectivity index (χ2n) is 7.26. The number of ether oxygens (including phenoxy) is 1. The molecule has 2 aromatic carbocycles. The first kappa shape index (κ1) is 28.0.